The minimum Gasteiger partial charge on any atom is -0.414 e. The minimum atomic E-state index is -3.40. The molecule has 0 aliphatic heterocycles. The molecule has 0 aliphatic rings. The summed E-state index contributed by atoms with van der Waals surface area (Å²) in [5, 5.41) is 8.08. The Hall–Kier alpha value is -3.79. The maximum Gasteiger partial charge on any atom is 0.270 e. The minimum absolute atomic E-state index is 0. The molecule has 0 unspecified atom stereocenters. The predicted octanol–water partition coefficient (Wildman–Crippen LogP) is 3.55. The van der Waals surface area contributed by atoms with Gasteiger partial charge in [0.25, 0.3) is 5.89 Å². The van der Waals surface area contributed by atoms with E-state index in [1.165, 1.54) is 6.20 Å². The van der Waals surface area contributed by atoms with Crippen molar-refractivity contribution >= 4 is 21.5 Å². The highest BCUT2D eigenvalue weighted by Crippen LogP contribution is 2.28. The van der Waals surface area contributed by atoms with Crippen molar-refractivity contribution in [2.45, 2.75) is 0 Å². The Kier molecular flexibility index (Phi) is 4.69. The lowest BCUT2D eigenvalue weighted by molar-refractivity contribution is 0.582. The molecule has 4 rings (SSSR count). The Bertz CT molecular complexity index is 1290. The van der Waals surface area contributed by atoms with E-state index in [-0.39, 0.29) is 21.7 Å². The summed E-state index contributed by atoms with van der Waals surface area (Å²) >= 11 is 0. The summed E-state index contributed by atoms with van der Waals surface area (Å²) in [7, 11) is -3.40. The summed E-state index contributed by atoms with van der Waals surface area (Å²) in [4.78, 5) is 8.66. The van der Waals surface area contributed by atoms with Crippen molar-refractivity contribution in [3.63, 3.8) is 0 Å². The second-order valence-electron chi connectivity index (χ2n) is 6.22. The van der Waals surface area contributed by atoms with Gasteiger partial charge in [-0.2, -0.15) is 0 Å². The van der Waals surface area contributed by atoms with Crippen molar-refractivity contribution in [2.75, 3.05) is 16.7 Å². The van der Waals surface area contributed by atoms with Crippen LogP contribution in [0, 0.1) is 0 Å². The number of aromatic nitrogens is 4. The Morgan fingerprint density at radius 2 is 1.72 bits per heavy atom. The van der Waals surface area contributed by atoms with Crippen LogP contribution < -0.4 is 10.5 Å². The molecule has 0 saturated heterocycles. The van der Waals surface area contributed by atoms with E-state index in [4.69, 9.17) is 10.2 Å². The van der Waals surface area contributed by atoms with Gasteiger partial charge in [0.15, 0.2) is 11.5 Å². The summed E-state index contributed by atoms with van der Waals surface area (Å²) < 4.78 is 31.1. The maximum absolute atomic E-state index is 11.5. The molecule has 4 aromatic rings. The van der Waals surface area contributed by atoms with Gasteiger partial charge in [-0.15, -0.1) is 10.2 Å². The molecule has 2 aromatic heterocycles. The van der Waals surface area contributed by atoms with Gasteiger partial charge in [-0.1, -0.05) is 30.3 Å². The molecule has 2 aromatic carbocycles. The number of anilines is 2. The number of nitrogens with zero attached hydrogens (tertiary/aromatic N) is 4. The fourth-order valence-corrected chi connectivity index (χ4v) is 3.22. The highest BCUT2D eigenvalue weighted by molar-refractivity contribution is 7.92. The van der Waals surface area contributed by atoms with Gasteiger partial charge in [-0.3, -0.25) is 4.72 Å². The zero-order valence-electron chi connectivity index (χ0n) is 15.3. The van der Waals surface area contributed by atoms with E-state index in [0.717, 1.165) is 11.8 Å². The predicted molar refractivity (Wildman–Crippen MR) is 115 cm³/mol. The van der Waals surface area contributed by atoms with Crippen molar-refractivity contribution in [3.8, 4) is 34.3 Å². The summed E-state index contributed by atoms with van der Waals surface area (Å²) in [6, 6.07) is 16.1. The number of rotatable bonds is 5. The average Bonchev–Trinajstić information content (AvgIpc) is 3.18. The van der Waals surface area contributed by atoms with E-state index in [0.29, 0.717) is 22.8 Å². The van der Waals surface area contributed by atoms with Crippen molar-refractivity contribution in [2.24, 2.45) is 0 Å². The number of hydrogen-bond acceptors (Lipinski definition) is 8. The molecule has 0 bridgehead atoms. The first kappa shape index (κ1) is 18.6. The Balaban J connectivity index is 0.00000171. The Morgan fingerprint density at radius 1 is 1.00 bits per heavy atom. The van der Waals surface area contributed by atoms with Crippen LogP contribution in [0.15, 0.2) is 65.2 Å². The second-order valence-corrected chi connectivity index (χ2v) is 7.97. The van der Waals surface area contributed by atoms with Crippen LogP contribution in [0.5, 0.6) is 0 Å². The van der Waals surface area contributed by atoms with Gasteiger partial charge in [0, 0.05) is 21.1 Å². The second kappa shape index (κ2) is 7.32. The number of hydrogen-bond donors (Lipinski definition) is 2. The molecule has 0 aliphatic carbocycles. The third-order valence-corrected chi connectivity index (χ3v) is 4.52. The van der Waals surface area contributed by atoms with Gasteiger partial charge in [-0.05, 0) is 24.3 Å². The zero-order chi connectivity index (χ0) is 20.4. The first-order valence-electron chi connectivity index (χ1n) is 8.49. The fraction of sp³-hybridized carbons (Fsp3) is 0.0526. The molecule has 0 fully saturated rings. The van der Waals surface area contributed by atoms with Crippen molar-refractivity contribution in [1.82, 2.24) is 20.2 Å². The quantitative estimate of drug-likeness (QED) is 0.506. The zero-order valence-corrected chi connectivity index (χ0v) is 16.1. The summed E-state index contributed by atoms with van der Waals surface area (Å²) in [5.41, 5.74) is 8.53. The van der Waals surface area contributed by atoms with Crippen LogP contribution in [-0.2, 0) is 10.0 Å². The van der Waals surface area contributed by atoms with Gasteiger partial charge in [0.05, 0.1) is 18.1 Å². The molecule has 0 amide bonds. The molecule has 0 radical (unpaired) electrons. The molecule has 3 N–H and O–H groups in total. The van der Waals surface area contributed by atoms with Gasteiger partial charge >= 0.3 is 0 Å². The SMILES string of the molecule is CS(=O)(=O)Nc1cccc(-c2cnc(N)c(-c3nnc(-c4ccccc4)o3)n2)c1.[HH].[HH].[HH]. The highest BCUT2D eigenvalue weighted by Gasteiger charge is 2.17. The molecule has 0 spiro atoms. The summed E-state index contributed by atoms with van der Waals surface area (Å²) in [6.45, 7) is 0. The lowest BCUT2D eigenvalue weighted by Crippen LogP contribution is -2.09. The first-order chi connectivity index (χ1) is 13.9. The van der Waals surface area contributed by atoms with Crippen LogP contribution in [0.3, 0.4) is 0 Å². The lowest BCUT2D eigenvalue weighted by atomic mass is 10.1. The van der Waals surface area contributed by atoms with Crippen molar-refractivity contribution in [1.29, 1.82) is 0 Å². The van der Waals surface area contributed by atoms with Gasteiger partial charge in [0.2, 0.25) is 15.9 Å². The molecule has 29 heavy (non-hydrogen) atoms. The molecule has 152 valence electrons. The lowest BCUT2D eigenvalue weighted by Gasteiger charge is -2.07. The molecule has 2 heterocycles. The van der Waals surface area contributed by atoms with E-state index < -0.39 is 10.0 Å². The smallest absolute Gasteiger partial charge is 0.270 e. The monoisotopic (exact) mass is 414 g/mol. The van der Waals surface area contributed by atoms with Gasteiger partial charge < -0.3 is 10.2 Å². The molecular weight excluding hydrogens is 392 g/mol. The van der Waals surface area contributed by atoms with Gasteiger partial charge in [0.1, 0.15) is 0 Å². The average molecular weight is 414 g/mol. The number of nitrogens with two attached hydrogens (primary N) is 1. The maximum atomic E-state index is 11.5. The van der Waals surface area contributed by atoms with Crippen LogP contribution in [0.2, 0.25) is 0 Å². The van der Waals surface area contributed by atoms with E-state index >= 15 is 0 Å². The van der Waals surface area contributed by atoms with E-state index in [9.17, 15) is 8.42 Å². The van der Waals surface area contributed by atoms with E-state index in [1.807, 2.05) is 30.3 Å². The number of nitrogen functional groups attached to an aromatic ring is 1. The normalized spacial score (nSPS) is 11.3. The van der Waals surface area contributed by atoms with Crippen molar-refractivity contribution < 1.29 is 17.1 Å². The summed E-state index contributed by atoms with van der Waals surface area (Å²) in [5.74, 6) is 0.620. The number of benzene rings is 2. The molecule has 0 saturated carbocycles. The Morgan fingerprint density at radius 3 is 2.48 bits per heavy atom. The van der Waals surface area contributed by atoms with Crippen LogP contribution in [0.25, 0.3) is 34.3 Å². The summed E-state index contributed by atoms with van der Waals surface area (Å²) in [6.07, 6.45) is 2.58. The topological polar surface area (TPSA) is 137 Å². The first-order valence-corrected chi connectivity index (χ1v) is 10.4. The van der Waals surface area contributed by atoms with Crippen LogP contribution >= 0.6 is 0 Å². The molecule has 10 heteroatoms. The fourth-order valence-electron chi connectivity index (χ4n) is 2.67. The number of sulfonamides is 1. The van der Waals surface area contributed by atoms with Crippen molar-refractivity contribution in [3.05, 3.63) is 60.8 Å². The van der Waals surface area contributed by atoms with Crippen LogP contribution in [0.1, 0.15) is 4.28 Å². The third-order valence-electron chi connectivity index (χ3n) is 3.91. The molecule has 9 nitrogen and oxygen atoms in total. The van der Waals surface area contributed by atoms with Gasteiger partial charge in [-0.25, -0.2) is 18.4 Å². The third kappa shape index (κ3) is 4.22. The van der Waals surface area contributed by atoms with Crippen LogP contribution in [-0.4, -0.2) is 34.8 Å². The Labute approximate surface area is 171 Å². The highest BCUT2D eigenvalue weighted by atomic mass is 32.2. The van der Waals surface area contributed by atoms with E-state index in [1.54, 1.807) is 24.3 Å². The molecular formula is C19H22N6O3S. The largest absolute Gasteiger partial charge is 0.414 e. The number of nitrogens with one attached hydrogen (secondary N) is 1. The van der Waals surface area contributed by atoms with Crippen LogP contribution in [0.4, 0.5) is 11.5 Å². The van der Waals surface area contributed by atoms with E-state index in [2.05, 4.69) is 24.9 Å². The molecule has 0 atom stereocenters. The standard InChI is InChI=1S/C19H16N6O3S.3H2/c1-29(26,27)25-14-9-5-8-13(10-14)15-11-21-17(20)16(22-15)19-24-23-18(28-19)12-6-3-2-4-7-12;;;/h2-11,25H,1H3,(H2,20,21);3*1H.